The zero-order valence-electron chi connectivity index (χ0n) is 13.6. The Morgan fingerprint density at radius 2 is 1.96 bits per heavy atom. The fraction of sp³-hybridized carbons (Fsp3) is 0.412. The summed E-state index contributed by atoms with van der Waals surface area (Å²) in [5, 5.41) is 26.0. The number of nitrogens with two attached hydrogens (primary N) is 1. The number of ether oxygens (including phenoxy) is 1. The van der Waals surface area contributed by atoms with E-state index < -0.39 is 17.3 Å². The van der Waals surface area contributed by atoms with Crippen LogP contribution in [0.5, 0.6) is 5.75 Å². The molecule has 3 rings (SSSR count). The second kappa shape index (κ2) is 5.70. The highest BCUT2D eigenvalue weighted by atomic mass is 16.6. The molecule has 0 bridgehead atoms. The van der Waals surface area contributed by atoms with E-state index in [2.05, 4.69) is 5.10 Å². The van der Waals surface area contributed by atoms with Crippen molar-refractivity contribution in [2.45, 2.75) is 37.7 Å². The summed E-state index contributed by atoms with van der Waals surface area (Å²) in [6.45, 7) is 3.72. The van der Waals surface area contributed by atoms with Crippen LogP contribution >= 0.6 is 0 Å². The first kappa shape index (κ1) is 16.6. The average Bonchev–Trinajstić information content (AvgIpc) is 2.51. The highest BCUT2D eigenvalue weighted by Gasteiger charge is 2.56. The van der Waals surface area contributed by atoms with Gasteiger partial charge in [-0.1, -0.05) is 18.2 Å². The van der Waals surface area contributed by atoms with Gasteiger partial charge in [0.25, 0.3) is 5.56 Å². The molecule has 1 atom stereocenters. The van der Waals surface area contributed by atoms with Gasteiger partial charge in [0.1, 0.15) is 5.75 Å². The minimum Gasteiger partial charge on any atom is -0.482 e. The van der Waals surface area contributed by atoms with Gasteiger partial charge < -0.3 is 20.7 Å². The van der Waals surface area contributed by atoms with Gasteiger partial charge in [-0.25, -0.2) is 4.68 Å². The van der Waals surface area contributed by atoms with Gasteiger partial charge in [-0.2, -0.15) is 5.10 Å². The number of rotatable bonds is 3. The molecule has 1 aromatic heterocycles. The topological polar surface area (TPSA) is 111 Å². The number of hydrogen-bond donors (Lipinski definition) is 3. The summed E-state index contributed by atoms with van der Waals surface area (Å²) >= 11 is 0. The van der Waals surface area contributed by atoms with Crippen molar-refractivity contribution in [1.29, 1.82) is 0 Å². The summed E-state index contributed by atoms with van der Waals surface area (Å²) in [6, 6.07) is 10.0. The van der Waals surface area contributed by atoms with Crippen molar-refractivity contribution in [3.05, 3.63) is 58.0 Å². The molecule has 2 heterocycles. The minimum atomic E-state index is -2.21. The van der Waals surface area contributed by atoms with Gasteiger partial charge in [-0.3, -0.25) is 4.79 Å². The normalized spacial score (nSPS) is 21.0. The molecule has 7 heteroatoms. The first-order chi connectivity index (χ1) is 11.3. The molecule has 128 valence electrons. The van der Waals surface area contributed by atoms with Gasteiger partial charge in [0.15, 0.2) is 5.60 Å². The lowest BCUT2D eigenvalue weighted by Crippen LogP contribution is -2.60. The first-order valence-corrected chi connectivity index (χ1v) is 7.79. The molecule has 7 nitrogen and oxygen atoms in total. The van der Waals surface area contributed by atoms with E-state index in [-0.39, 0.29) is 18.6 Å². The molecule has 1 aliphatic rings. The van der Waals surface area contributed by atoms with Gasteiger partial charge in [-0.15, -0.1) is 0 Å². The maximum absolute atomic E-state index is 11.9. The Morgan fingerprint density at radius 3 is 2.67 bits per heavy atom. The molecule has 1 unspecified atom stereocenters. The molecule has 0 amide bonds. The predicted octanol–water partition coefficient (Wildman–Crippen LogP) is 0.186. The van der Waals surface area contributed by atoms with Crippen molar-refractivity contribution in [2.75, 3.05) is 6.54 Å². The maximum atomic E-state index is 11.9. The zero-order chi connectivity index (χ0) is 17.5. The van der Waals surface area contributed by atoms with E-state index in [0.29, 0.717) is 17.0 Å². The van der Waals surface area contributed by atoms with Gasteiger partial charge >= 0.3 is 0 Å². The van der Waals surface area contributed by atoms with E-state index in [1.807, 2.05) is 6.07 Å². The lowest BCUT2D eigenvalue weighted by atomic mass is 9.76. The molecule has 0 fully saturated rings. The van der Waals surface area contributed by atoms with Gasteiger partial charge in [0.2, 0.25) is 5.79 Å². The van der Waals surface area contributed by atoms with Crippen LogP contribution in [0.3, 0.4) is 0 Å². The van der Waals surface area contributed by atoms with E-state index in [0.717, 1.165) is 0 Å². The molecule has 24 heavy (non-hydrogen) atoms. The molecule has 0 spiro atoms. The largest absolute Gasteiger partial charge is 0.482 e. The summed E-state index contributed by atoms with van der Waals surface area (Å²) in [7, 11) is 0. The molecule has 0 saturated heterocycles. The van der Waals surface area contributed by atoms with Crippen molar-refractivity contribution < 1.29 is 14.9 Å². The van der Waals surface area contributed by atoms with Crippen LogP contribution in [-0.4, -0.2) is 37.9 Å². The zero-order valence-corrected chi connectivity index (χ0v) is 13.6. The van der Waals surface area contributed by atoms with Gasteiger partial charge in [0, 0.05) is 18.2 Å². The Labute approximate surface area is 139 Å². The van der Waals surface area contributed by atoms with Crippen LogP contribution < -0.4 is 16.0 Å². The Morgan fingerprint density at radius 1 is 1.25 bits per heavy atom. The van der Waals surface area contributed by atoms with Crippen LogP contribution in [0.25, 0.3) is 0 Å². The highest BCUT2D eigenvalue weighted by molar-refractivity contribution is 5.45. The van der Waals surface area contributed by atoms with Crippen molar-refractivity contribution >= 4 is 0 Å². The average molecular weight is 331 g/mol. The molecule has 0 radical (unpaired) electrons. The summed E-state index contributed by atoms with van der Waals surface area (Å²) < 4.78 is 7.00. The molecule has 1 aliphatic heterocycles. The molecular weight excluding hydrogens is 310 g/mol. The number of fused-ring (bicyclic) bond motifs is 1. The second-order valence-electron chi connectivity index (χ2n) is 6.42. The van der Waals surface area contributed by atoms with Crippen molar-refractivity contribution in [1.82, 2.24) is 9.78 Å². The smallest absolute Gasteiger partial charge is 0.266 e. The lowest BCUT2D eigenvalue weighted by molar-refractivity contribution is -0.269. The predicted molar refractivity (Wildman–Crippen MR) is 87.7 cm³/mol. The third-order valence-electron chi connectivity index (χ3n) is 4.41. The number of aliphatic hydroxyl groups is 2. The Kier molecular flexibility index (Phi) is 3.95. The minimum absolute atomic E-state index is 0.255. The van der Waals surface area contributed by atoms with Crippen LogP contribution in [0.4, 0.5) is 0 Å². The van der Waals surface area contributed by atoms with E-state index in [4.69, 9.17) is 10.5 Å². The fourth-order valence-electron chi connectivity index (χ4n) is 2.99. The summed E-state index contributed by atoms with van der Waals surface area (Å²) in [5.41, 5.74) is 4.94. The SMILES string of the molecule is CC1(C)Oc2ccccc2C(c2ccc(=O)n(CCN)n2)C1(O)O. The van der Waals surface area contributed by atoms with Crippen LogP contribution in [-0.2, 0) is 6.54 Å². The van der Waals surface area contributed by atoms with E-state index >= 15 is 0 Å². The molecular formula is C17H21N3O4. The Bertz CT molecular complexity index is 813. The Hall–Kier alpha value is -2.22. The van der Waals surface area contributed by atoms with Crippen LogP contribution in [0, 0.1) is 0 Å². The van der Waals surface area contributed by atoms with Crippen molar-refractivity contribution in [2.24, 2.45) is 5.73 Å². The van der Waals surface area contributed by atoms with Gasteiger partial charge in [0.05, 0.1) is 18.2 Å². The van der Waals surface area contributed by atoms with Crippen LogP contribution in [0.2, 0.25) is 0 Å². The molecule has 0 aliphatic carbocycles. The van der Waals surface area contributed by atoms with E-state index in [1.165, 1.54) is 16.8 Å². The summed E-state index contributed by atoms with van der Waals surface area (Å²) in [5.74, 6) is -2.51. The fourth-order valence-corrected chi connectivity index (χ4v) is 2.99. The maximum Gasteiger partial charge on any atom is 0.266 e. The third-order valence-corrected chi connectivity index (χ3v) is 4.41. The number of para-hydroxylation sites is 1. The standard InChI is InChI=1S/C17H21N3O4/c1-16(2)17(22,23)15(11-5-3-4-6-13(11)24-16)12-7-8-14(21)20(19-12)10-9-18/h3-8,15,22-23H,9-10,18H2,1-2H3. The van der Waals surface area contributed by atoms with E-state index in [1.54, 1.807) is 32.0 Å². The van der Waals surface area contributed by atoms with E-state index in [9.17, 15) is 15.0 Å². The van der Waals surface area contributed by atoms with Gasteiger partial charge in [-0.05, 0) is 26.0 Å². The monoisotopic (exact) mass is 331 g/mol. The molecule has 1 aromatic carbocycles. The lowest BCUT2D eigenvalue weighted by Gasteiger charge is -2.47. The number of nitrogens with zero attached hydrogens (tertiary/aromatic N) is 2. The van der Waals surface area contributed by atoms with Crippen LogP contribution in [0.15, 0.2) is 41.2 Å². The summed E-state index contributed by atoms with van der Waals surface area (Å²) in [6.07, 6.45) is 0. The molecule has 4 N–H and O–H groups in total. The molecule has 2 aromatic rings. The highest BCUT2D eigenvalue weighted by Crippen LogP contribution is 2.48. The Balaban J connectivity index is 2.21. The third kappa shape index (κ3) is 2.50. The quantitative estimate of drug-likeness (QED) is 0.692. The molecule has 0 saturated carbocycles. The number of benzene rings is 1. The summed E-state index contributed by atoms with van der Waals surface area (Å²) in [4.78, 5) is 11.9. The van der Waals surface area contributed by atoms with Crippen LogP contribution in [0.1, 0.15) is 31.0 Å². The second-order valence-corrected chi connectivity index (χ2v) is 6.42. The van der Waals surface area contributed by atoms with Crippen molar-refractivity contribution in [3.8, 4) is 5.75 Å². The number of aromatic nitrogens is 2. The first-order valence-electron chi connectivity index (χ1n) is 7.79. The number of hydrogen-bond acceptors (Lipinski definition) is 6. The van der Waals surface area contributed by atoms with Crippen molar-refractivity contribution in [3.63, 3.8) is 0 Å².